The first-order valence-electron chi connectivity index (χ1n) is 10.4. The molecule has 3 heteroatoms. The van der Waals surface area contributed by atoms with Gasteiger partial charge < -0.3 is 9.53 Å². The van der Waals surface area contributed by atoms with Crippen molar-refractivity contribution in [2.75, 3.05) is 0 Å². The van der Waals surface area contributed by atoms with E-state index in [0.29, 0.717) is 5.92 Å². The second kappa shape index (κ2) is 8.79. The molecule has 0 bridgehead atoms. The van der Waals surface area contributed by atoms with Crippen molar-refractivity contribution < 1.29 is 9.53 Å². The van der Waals surface area contributed by atoms with Gasteiger partial charge in [0.2, 0.25) is 8.32 Å². The maximum Gasteiger partial charge on any atom is 0.250 e. The van der Waals surface area contributed by atoms with Gasteiger partial charge in [0.25, 0.3) is 0 Å². The summed E-state index contributed by atoms with van der Waals surface area (Å²) >= 11 is 0. The van der Waals surface area contributed by atoms with Gasteiger partial charge >= 0.3 is 0 Å². The van der Waals surface area contributed by atoms with Crippen LogP contribution in [-0.4, -0.2) is 19.5 Å². The van der Waals surface area contributed by atoms with Crippen molar-refractivity contribution >= 4 is 8.32 Å². The third-order valence-corrected chi connectivity index (χ3v) is 10.7. The fraction of sp³-hybridized carbons (Fsp3) is 0.583. The van der Waals surface area contributed by atoms with E-state index in [4.69, 9.17) is 4.43 Å². The molecule has 3 atom stereocenters. The van der Waals surface area contributed by atoms with Crippen molar-refractivity contribution in [3.63, 3.8) is 0 Å². The van der Waals surface area contributed by atoms with E-state index < -0.39 is 8.32 Å². The summed E-state index contributed by atoms with van der Waals surface area (Å²) in [6.45, 7) is 17.5. The van der Waals surface area contributed by atoms with Crippen LogP contribution >= 0.6 is 0 Å². The lowest BCUT2D eigenvalue weighted by Gasteiger charge is -2.36. The average molecular weight is 387 g/mol. The largest absolute Gasteiger partial charge is 0.543 e. The molecule has 0 aliphatic heterocycles. The van der Waals surface area contributed by atoms with Gasteiger partial charge in [0.15, 0.2) is 0 Å². The van der Waals surface area contributed by atoms with E-state index in [-0.39, 0.29) is 17.1 Å². The van der Waals surface area contributed by atoms with E-state index in [0.717, 1.165) is 31.4 Å². The molecule has 0 fully saturated rings. The van der Waals surface area contributed by atoms with Crippen molar-refractivity contribution in [2.45, 2.75) is 83.5 Å². The van der Waals surface area contributed by atoms with Crippen LogP contribution in [-0.2, 0) is 0 Å². The molecule has 0 aromatic heterocycles. The van der Waals surface area contributed by atoms with Crippen LogP contribution in [0, 0.1) is 5.92 Å². The predicted molar refractivity (Wildman–Crippen MR) is 119 cm³/mol. The number of benzene rings is 1. The van der Waals surface area contributed by atoms with Crippen molar-refractivity contribution in [3.05, 3.63) is 54.1 Å². The summed E-state index contributed by atoms with van der Waals surface area (Å²) in [5, 5.41) is 10.6. The Morgan fingerprint density at radius 1 is 1.33 bits per heavy atom. The van der Waals surface area contributed by atoms with Crippen molar-refractivity contribution in [1.29, 1.82) is 0 Å². The second-order valence-electron chi connectivity index (χ2n) is 9.41. The van der Waals surface area contributed by atoms with Crippen LogP contribution < -0.4 is 4.43 Å². The first-order chi connectivity index (χ1) is 12.6. The summed E-state index contributed by atoms with van der Waals surface area (Å²) in [4.78, 5) is 0. The smallest absolute Gasteiger partial charge is 0.250 e. The Kier molecular flexibility index (Phi) is 7.15. The molecule has 1 N–H and O–H groups in total. The van der Waals surface area contributed by atoms with Gasteiger partial charge in [0.1, 0.15) is 5.75 Å². The number of hydrogen-bond acceptors (Lipinski definition) is 2. The molecule has 2 rings (SSSR count). The molecular formula is C24H38O2Si. The zero-order chi connectivity index (χ0) is 20.2. The summed E-state index contributed by atoms with van der Waals surface area (Å²) in [5.74, 6) is 1.53. The zero-order valence-electron chi connectivity index (χ0n) is 18.1. The number of rotatable bonds is 8. The standard InChI is InChI=1S/C24H38O2Si/c1-8-11-20(21-15-16-23(25)22(21)12-9-2)18-13-10-14-19(17-18)26-27(6,7)24(3,4)5/h9-10,13-15,17,20,22-23,25H,2,8,11-12,16H2,1,3-7H3. The number of allylic oxidation sites excluding steroid dienone is 1. The van der Waals surface area contributed by atoms with Crippen molar-refractivity contribution in [3.8, 4) is 5.75 Å². The normalized spacial score (nSPS) is 21.7. The second-order valence-corrected chi connectivity index (χ2v) is 14.1. The number of aliphatic hydroxyl groups is 1. The van der Waals surface area contributed by atoms with E-state index in [2.05, 4.69) is 77.7 Å². The van der Waals surface area contributed by atoms with Gasteiger partial charge in [-0.1, -0.05) is 64.0 Å². The first-order valence-corrected chi connectivity index (χ1v) is 13.3. The van der Waals surface area contributed by atoms with E-state index in [1.54, 1.807) is 0 Å². The average Bonchev–Trinajstić information content (AvgIpc) is 2.93. The fourth-order valence-corrected chi connectivity index (χ4v) is 4.75. The van der Waals surface area contributed by atoms with Gasteiger partial charge in [-0.2, -0.15) is 0 Å². The molecule has 1 aliphatic carbocycles. The molecule has 1 aromatic rings. The minimum Gasteiger partial charge on any atom is -0.543 e. The van der Waals surface area contributed by atoms with E-state index in [9.17, 15) is 5.11 Å². The van der Waals surface area contributed by atoms with Gasteiger partial charge in [-0.05, 0) is 55.1 Å². The lowest BCUT2D eigenvalue weighted by molar-refractivity contribution is 0.138. The highest BCUT2D eigenvalue weighted by molar-refractivity contribution is 6.74. The summed E-state index contributed by atoms with van der Waals surface area (Å²) < 4.78 is 6.55. The predicted octanol–water partition coefficient (Wildman–Crippen LogP) is 6.84. The Bertz CT molecular complexity index is 669. The molecular weight excluding hydrogens is 348 g/mol. The first kappa shape index (κ1) is 22.0. The van der Waals surface area contributed by atoms with Crippen LogP contribution in [0.4, 0.5) is 0 Å². The molecule has 0 saturated heterocycles. The fourth-order valence-electron chi connectivity index (χ4n) is 3.72. The van der Waals surface area contributed by atoms with Crippen molar-refractivity contribution in [2.24, 2.45) is 5.92 Å². The zero-order valence-corrected chi connectivity index (χ0v) is 19.1. The highest BCUT2D eigenvalue weighted by Gasteiger charge is 2.39. The van der Waals surface area contributed by atoms with Crippen molar-refractivity contribution in [1.82, 2.24) is 0 Å². The van der Waals surface area contributed by atoms with Crippen LogP contribution in [0.3, 0.4) is 0 Å². The molecule has 0 heterocycles. The Morgan fingerprint density at radius 2 is 2.04 bits per heavy atom. The Morgan fingerprint density at radius 3 is 2.63 bits per heavy atom. The molecule has 27 heavy (non-hydrogen) atoms. The van der Waals surface area contributed by atoms with Crippen LogP contribution in [0.2, 0.25) is 18.1 Å². The maximum absolute atomic E-state index is 10.4. The number of aliphatic hydroxyl groups excluding tert-OH is 1. The summed E-state index contributed by atoms with van der Waals surface area (Å²) in [6.07, 6.45) is 7.74. The van der Waals surface area contributed by atoms with E-state index >= 15 is 0 Å². The Labute approximate surface area is 167 Å². The third-order valence-electron chi connectivity index (χ3n) is 6.33. The summed E-state index contributed by atoms with van der Waals surface area (Å²) in [6, 6.07) is 8.66. The third kappa shape index (κ3) is 5.14. The van der Waals surface area contributed by atoms with Gasteiger partial charge in [-0.15, -0.1) is 6.58 Å². The minimum atomic E-state index is -1.86. The highest BCUT2D eigenvalue weighted by atomic mass is 28.4. The Balaban J connectivity index is 2.32. The molecule has 1 aliphatic rings. The van der Waals surface area contributed by atoms with Gasteiger partial charge in [-0.3, -0.25) is 0 Å². The monoisotopic (exact) mass is 386 g/mol. The minimum absolute atomic E-state index is 0.180. The molecule has 0 amide bonds. The van der Waals surface area contributed by atoms with E-state index in [1.165, 1.54) is 11.1 Å². The van der Waals surface area contributed by atoms with Crippen LogP contribution in [0.1, 0.15) is 64.9 Å². The molecule has 150 valence electrons. The van der Waals surface area contributed by atoms with Gasteiger partial charge in [-0.25, -0.2) is 0 Å². The van der Waals surface area contributed by atoms with Crippen LogP contribution in [0.15, 0.2) is 48.6 Å². The SMILES string of the molecule is C=CCC1C(C(CCC)c2cccc(O[Si](C)(C)C(C)(C)C)c2)=CCC1O. The molecule has 0 saturated carbocycles. The lowest BCUT2D eigenvalue weighted by atomic mass is 9.80. The Hall–Kier alpha value is -1.32. The van der Waals surface area contributed by atoms with Gasteiger partial charge in [0, 0.05) is 11.8 Å². The molecule has 0 spiro atoms. The molecule has 2 nitrogen and oxygen atoms in total. The highest BCUT2D eigenvalue weighted by Crippen LogP contribution is 2.43. The topological polar surface area (TPSA) is 29.5 Å². The number of hydrogen-bond donors (Lipinski definition) is 1. The lowest BCUT2D eigenvalue weighted by Crippen LogP contribution is -2.43. The summed E-state index contributed by atoms with van der Waals surface area (Å²) in [7, 11) is -1.86. The summed E-state index contributed by atoms with van der Waals surface area (Å²) in [5.41, 5.74) is 2.69. The van der Waals surface area contributed by atoms with Crippen LogP contribution in [0.5, 0.6) is 5.75 Å². The molecule has 1 aromatic carbocycles. The quantitative estimate of drug-likeness (QED) is 0.391. The van der Waals surface area contributed by atoms with E-state index in [1.807, 2.05) is 6.08 Å². The molecule has 0 radical (unpaired) electrons. The molecule has 3 unspecified atom stereocenters. The van der Waals surface area contributed by atoms with Gasteiger partial charge in [0.05, 0.1) is 6.10 Å². The maximum atomic E-state index is 10.4. The van der Waals surface area contributed by atoms with Crippen LogP contribution in [0.25, 0.3) is 0 Å².